The highest BCUT2D eigenvalue weighted by Crippen LogP contribution is 2.26. The van der Waals surface area contributed by atoms with Crippen molar-refractivity contribution in [2.45, 2.75) is 37.8 Å². The van der Waals surface area contributed by atoms with Crippen LogP contribution in [0.3, 0.4) is 0 Å². The molecule has 1 unspecified atom stereocenters. The third-order valence-corrected chi connectivity index (χ3v) is 5.99. The summed E-state index contributed by atoms with van der Waals surface area (Å²) >= 11 is 0. The summed E-state index contributed by atoms with van der Waals surface area (Å²) in [5, 5.41) is 4.31. The number of nitrogens with zero attached hydrogens (tertiary/aromatic N) is 4. The van der Waals surface area contributed by atoms with Gasteiger partial charge in [0.15, 0.2) is 0 Å². The minimum Gasteiger partial charge on any atom is -0.497 e. The molecule has 0 saturated carbocycles. The Morgan fingerprint density at radius 2 is 2.11 bits per heavy atom. The fourth-order valence-electron chi connectivity index (χ4n) is 3.07. The number of hydrogen-bond acceptors (Lipinski definition) is 5. The monoisotopic (exact) mass is 403 g/mol. The van der Waals surface area contributed by atoms with Crippen molar-refractivity contribution < 1.29 is 13.2 Å². The van der Waals surface area contributed by atoms with Gasteiger partial charge < -0.3 is 9.30 Å². The number of hydrogen-bond donors (Lipinski definition) is 1. The second-order valence-corrected chi connectivity index (χ2v) is 8.25. The van der Waals surface area contributed by atoms with Crippen molar-refractivity contribution in [3.05, 3.63) is 59.9 Å². The lowest BCUT2D eigenvalue weighted by molar-refractivity contribution is 0.413. The van der Waals surface area contributed by atoms with Crippen LogP contribution in [0.2, 0.25) is 0 Å². The molecule has 150 valence electrons. The summed E-state index contributed by atoms with van der Waals surface area (Å²) in [6.45, 7) is 4.38. The third kappa shape index (κ3) is 4.10. The number of aryl methyl sites for hydroxylation is 3. The van der Waals surface area contributed by atoms with Gasteiger partial charge in [-0.1, -0.05) is 19.1 Å². The first-order valence-electron chi connectivity index (χ1n) is 9.03. The molecule has 0 amide bonds. The standard InChI is InChI=1S/C19H25N5O3S/c1-5-10-24-13-17(14(2)21-24)28(25,26)22-18(19-20-9-11-23(19)3)15-7-6-8-16(12-15)27-4/h6-9,11-13,18,22H,5,10H2,1-4H3. The van der Waals surface area contributed by atoms with Crippen LogP contribution < -0.4 is 9.46 Å². The summed E-state index contributed by atoms with van der Waals surface area (Å²) in [5.41, 5.74) is 1.20. The van der Waals surface area contributed by atoms with E-state index >= 15 is 0 Å². The van der Waals surface area contributed by atoms with Gasteiger partial charge in [0.2, 0.25) is 10.0 Å². The van der Waals surface area contributed by atoms with Crippen molar-refractivity contribution in [1.82, 2.24) is 24.1 Å². The normalized spacial score (nSPS) is 12.9. The minimum atomic E-state index is -3.83. The minimum absolute atomic E-state index is 0.169. The van der Waals surface area contributed by atoms with Gasteiger partial charge in [0.05, 0.1) is 12.8 Å². The van der Waals surface area contributed by atoms with E-state index in [9.17, 15) is 8.42 Å². The smallest absolute Gasteiger partial charge is 0.244 e. The number of nitrogens with one attached hydrogen (secondary N) is 1. The fraction of sp³-hybridized carbons (Fsp3) is 0.368. The van der Waals surface area contributed by atoms with Crippen LogP contribution in [-0.2, 0) is 23.6 Å². The van der Waals surface area contributed by atoms with E-state index in [-0.39, 0.29) is 4.90 Å². The number of imidazole rings is 1. The van der Waals surface area contributed by atoms with Gasteiger partial charge in [-0.25, -0.2) is 13.4 Å². The van der Waals surface area contributed by atoms with Crippen LogP contribution in [0, 0.1) is 6.92 Å². The topological polar surface area (TPSA) is 91.0 Å². The van der Waals surface area contributed by atoms with Crippen LogP contribution in [0.1, 0.15) is 36.5 Å². The lowest BCUT2D eigenvalue weighted by Crippen LogP contribution is -2.31. The second kappa shape index (κ2) is 8.15. The summed E-state index contributed by atoms with van der Waals surface area (Å²) in [5.74, 6) is 1.22. The van der Waals surface area contributed by atoms with Crippen LogP contribution in [0.4, 0.5) is 0 Å². The van der Waals surface area contributed by atoms with E-state index in [0.29, 0.717) is 23.8 Å². The quantitative estimate of drug-likeness (QED) is 0.624. The number of sulfonamides is 1. The van der Waals surface area contributed by atoms with Gasteiger partial charge in [0.1, 0.15) is 22.5 Å². The summed E-state index contributed by atoms with van der Waals surface area (Å²) < 4.78 is 37.9. The van der Waals surface area contributed by atoms with Crippen LogP contribution in [0.25, 0.3) is 0 Å². The largest absolute Gasteiger partial charge is 0.497 e. The van der Waals surface area contributed by atoms with Crippen LogP contribution in [0.5, 0.6) is 5.75 Å². The maximum atomic E-state index is 13.2. The molecule has 8 nitrogen and oxygen atoms in total. The lowest BCUT2D eigenvalue weighted by Gasteiger charge is -2.19. The number of methoxy groups -OCH3 is 1. The Labute approximate surface area is 165 Å². The molecule has 0 aliphatic heterocycles. The zero-order valence-corrected chi connectivity index (χ0v) is 17.3. The van der Waals surface area contributed by atoms with Crippen LogP contribution >= 0.6 is 0 Å². The Morgan fingerprint density at radius 3 is 2.75 bits per heavy atom. The van der Waals surface area contributed by atoms with E-state index in [1.165, 1.54) is 0 Å². The second-order valence-electron chi connectivity index (χ2n) is 6.57. The maximum Gasteiger partial charge on any atom is 0.244 e. The average molecular weight is 404 g/mol. The average Bonchev–Trinajstić information content (AvgIpc) is 3.26. The molecule has 9 heteroatoms. The molecule has 1 aromatic carbocycles. The van der Waals surface area contributed by atoms with E-state index in [1.807, 2.05) is 32.2 Å². The van der Waals surface area contributed by atoms with Gasteiger partial charge in [-0.05, 0) is 31.0 Å². The van der Waals surface area contributed by atoms with Gasteiger partial charge >= 0.3 is 0 Å². The van der Waals surface area contributed by atoms with Crippen molar-refractivity contribution in [3.63, 3.8) is 0 Å². The van der Waals surface area contributed by atoms with Gasteiger partial charge in [0.25, 0.3) is 0 Å². The molecule has 1 N–H and O–H groups in total. The van der Waals surface area contributed by atoms with Gasteiger partial charge in [-0.15, -0.1) is 0 Å². The number of benzene rings is 1. The fourth-order valence-corrected chi connectivity index (χ4v) is 4.44. The Hall–Kier alpha value is -2.65. The molecule has 3 aromatic rings. The van der Waals surface area contributed by atoms with E-state index < -0.39 is 16.1 Å². The van der Waals surface area contributed by atoms with Crippen LogP contribution in [0.15, 0.2) is 47.8 Å². The highest BCUT2D eigenvalue weighted by molar-refractivity contribution is 7.89. The molecule has 0 bridgehead atoms. The van der Waals surface area contributed by atoms with E-state index in [4.69, 9.17) is 4.74 Å². The molecule has 0 fully saturated rings. The Kier molecular flexibility index (Phi) is 5.85. The van der Waals surface area contributed by atoms with Crippen molar-refractivity contribution in [1.29, 1.82) is 0 Å². The zero-order valence-electron chi connectivity index (χ0n) is 16.5. The molecule has 0 spiro atoms. The number of ether oxygens (including phenoxy) is 1. The van der Waals surface area contributed by atoms with Crippen molar-refractivity contribution >= 4 is 10.0 Å². The Bertz CT molecular complexity index is 1060. The number of aromatic nitrogens is 4. The van der Waals surface area contributed by atoms with Crippen LogP contribution in [-0.4, -0.2) is 34.9 Å². The summed E-state index contributed by atoms with van der Waals surface area (Å²) in [7, 11) is -0.424. The molecular formula is C19H25N5O3S. The van der Waals surface area contributed by atoms with Crippen molar-refractivity contribution in [2.75, 3.05) is 7.11 Å². The van der Waals surface area contributed by atoms with Crippen molar-refractivity contribution in [3.8, 4) is 5.75 Å². The molecule has 3 rings (SSSR count). The molecule has 1 atom stereocenters. The molecular weight excluding hydrogens is 378 g/mol. The van der Waals surface area contributed by atoms with E-state index in [2.05, 4.69) is 14.8 Å². The first-order chi connectivity index (χ1) is 13.4. The first kappa shape index (κ1) is 20.1. The Morgan fingerprint density at radius 1 is 1.32 bits per heavy atom. The summed E-state index contributed by atoms with van der Waals surface area (Å²) in [6, 6.07) is 6.61. The molecule has 0 aliphatic rings. The van der Waals surface area contributed by atoms with Gasteiger partial charge in [-0.3, -0.25) is 4.68 Å². The van der Waals surface area contributed by atoms with E-state index in [0.717, 1.165) is 12.0 Å². The third-order valence-electron chi connectivity index (χ3n) is 4.46. The molecule has 0 aliphatic carbocycles. The highest BCUT2D eigenvalue weighted by atomic mass is 32.2. The molecule has 0 radical (unpaired) electrons. The maximum absolute atomic E-state index is 13.2. The predicted octanol–water partition coefficient (Wildman–Crippen LogP) is 2.41. The first-order valence-corrected chi connectivity index (χ1v) is 10.5. The zero-order chi connectivity index (χ0) is 20.3. The molecule has 28 heavy (non-hydrogen) atoms. The molecule has 2 heterocycles. The molecule has 0 saturated heterocycles. The van der Waals surface area contributed by atoms with Gasteiger partial charge in [-0.2, -0.15) is 9.82 Å². The number of rotatable bonds is 8. The lowest BCUT2D eigenvalue weighted by atomic mass is 10.1. The van der Waals surface area contributed by atoms with E-state index in [1.54, 1.807) is 47.9 Å². The Balaban J connectivity index is 2.03. The molecule has 2 aromatic heterocycles. The SMILES string of the molecule is CCCn1cc(S(=O)(=O)NC(c2cccc(OC)c2)c2nccn2C)c(C)n1. The summed E-state index contributed by atoms with van der Waals surface area (Å²) in [6.07, 6.45) is 5.86. The summed E-state index contributed by atoms with van der Waals surface area (Å²) in [4.78, 5) is 4.53. The predicted molar refractivity (Wildman–Crippen MR) is 106 cm³/mol. The highest BCUT2D eigenvalue weighted by Gasteiger charge is 2.28. The van der Waals surface area contributed by atoms with Crippen molar-refractivity contribution in [2.24, 2.45) is 7.05 Å². The van der Waals surface area contributed by atoms with Gasteiger partial charge in [0, 0.05) is 32.2 Å².